The highest BCUT2D eigenvalue weighted by molar-refractivity contribution is 6.28. The van der Waals surface area contributed by atoms with Gasteiger partial charge in [0.1, 0.15) is 0 Å². The molecule has 0 N–H and O–H groups in total. The van der Waals surface area contributed by atoms with E-state index in [1.165, 1.54) is 0 Å². The second-order valence-corrected chi connectivity index (χ2v) is 6.10. The van der Waals surface area contributed by atoms with Crippen LogP contribution in [0, 0.1) is 17.3 Å². The van der Waals surface area contributed by atoms with Crippen molar-refractivity contribution in [1.29, 1.82) is 0 Å². The van der Waals surface area contributed by atoms with Gasteiger partial charge in [-0.05, 0) is 18.3 Å². The molecule has 4 aliphatic carbocycles. The molecule has 0 aromatic heterocycles. The van der Waals surface area contributed by atoms with Crippen molar-refractivity contribution in [3.05, 3.63) is 58.7 Å². The van der Waals surface area contributed by atoms with E-state index in [-0.39, 0.29) is 28.8 Å². The molecule has 2 unspecified atom stereocenters. The van der Waals surface area contributed by atoms with E-state index in [4.69, 9.17) is 0 Å². The maximum absolute atomic E-state index is 12.7. The Bertz CT molecular complexity index is 674. The lowest BCUT2D eigenvalue weighted by atomic mass is 9.80. The third-order valence-electron chi connectivity index (χ3n) is 5.38. The molecule has 2 heteroatoms. The summed E-state index contributed by atoms with van der Waals surface area (Å²) in [4.78, 5) is 25.4. The highest BCUT2D eigenvalue weighted by Gasteiger charge is 2.65. The number of hydrogen-bond acceptors (Lipinski definition) is 2. The summed E-state index contributed by atoms with van der Waals surface area (Å²) in [6.07, 6.45) is 6.63. The van der Waals surface area contributed by atoms with E-state index in [1.807, 2.05) is 12.1 Å². The first-order valence-electron chi connectivity index (χ1n) is 6.85. The minimum absolute atomic E-state index is 0.0910. The predicted octanol–water partition coefficient (Wildman–Crippen LogP) is 2.96. The van der Waals surface area contributed by atoms with Crippen LogP contribution in [-0.2, 0) is 0 Å². The van der Waals surface area contributed by atoms with E-state index in [9.17, 15) is 9.59 Å². The van der Waals surface area contributed by atoms with Crippen LogP contribution in [-0.4, -0.2) is 11.6 Å². The van der Waals surface area contributed by atoms with Crippen molar-refractivity contribution in [3.8, 4) is 0 Å². The molecule has 1 fully saturated rings. The molecule has 2 atom stereocenters. The van der Waals surface area contributed by atoms with Crippen molar-refractivity contribution in [2.45, 2.75) is 12.8 Å². The van der Waals surface area contributed by atoms with Crippen molar-refractivity contribution in [1.82, 2.24) is 0 Å². The molecule has 1 aromatic rings. The maximum atomic E-state index is 12.7. The summed E-state index contributed by atoms with van der Waals surface area (Å²) >= 11 is 0. The van der Waals surface area contributed by atoms with Crippen molar-refractivity contribution in [2.75, 3.05) is 0 Å². The Morgan fingerprint density at radius 2 is 1.32 bits per heavy atom. The second kappa shape index (κ2) is 2.79. The molecule has 0 aliphatic heterocycles. The Morgan fingerprint density at radius 3 is 1.74 bits per heavy atom. The number of ketones is 2. The smallest absolute Gasteiger partial charge is 0.190 e. The van der Waals surface area contributed by atoms with E-state index in [2.05, 4.69) is 12.2 Å². The molecule has 1 spiro atoms. The topological polar surface area (TPSA) is 34.1 Å². The van der Waals surface area contributed by atoms with Crippen LogP contribution in [0.15, 0.2) is 47.6 Å². The number of carbonyl (C=O) groups excluding carboxylic acids is 2. The fourth-order valence-corrected chi connectivity index (χ4v) is 4.36. The van der Waals surface area contributed by atoms with Crippen LogP contribution < -0.4 is 0 Å². The summed E-state index contributed by atoms with van der Waals surface area (Å²) < 4.78 is 0. The molecule has 0 amide bonds. The van der Waals surface area contributed by atoms with Gasteiger partial charge in [-0.1, -0.05) is 36.4 Å². The van der Waals surface area contributed by atoms with Crippen molar-refractivity contribution in [3.63, 3.8) is 0 Å². The zero-order valence-corrected chi connectivity index (χ0v) is 10.3. The SMILES string of the molecule is O=C1C2=C(C(=O)c3ccccc31)C1C=CC2C12CC2. The fourth-order valence-electron chi connectivity index (χ4n) is 4.36. The van der Waals surface area contributed by atoms with Gasteiger partial charge in [-0.2, -0.15) is 0 Å². The van der Waals surface area contributed by atoms with E-state index in [0.29, 0.717) is 11.1 Å². The minimum atomic E-state index is 0.0910. The van der Waals surface area contributed by atoms with Gasteiger partial charge in [0.15, 0.2) is 11.6 Å². The number of hydrogen-bond donors (Lipinski definition) is 0. The zero-order valence-electron chi connectivity index (χ0n) is 10.3. The normalized spacial score (nSPS) is 32.0. The van der Waals surface area contributed by atoms with Crippen LogP contribution in [0.5, 0.6) is 0 Å². The fraction of sp³-hybridized carbons (Fsp3) is 0.294. The predicted molar refractivity (Wildman–Crippen MR) is 69.9 cm³/mol. The third kappa shape index (κ3) is 0.907. The zero-order chi connectivity index (χ0) is 12.8. The van der Waals surface area contributed by atoms with E-state index < -0.39 is 0 Å². The average molecular weight is 248 g/mol. The highest BCUT2D eigenvalue weighted by atomic mass is 16.1. The van der Waals surface area contributed by atoms with Gasteiger partial charge in [0.2, 0.25) is 0 Å². The minimum Gasteiger partial charge on any atom is -0.289 e. The van der Waals surface area contributed by atoms with Gasteiger partial charge < -0.3 is 0 Å². The molecular weight excluding hydrogens is 236 g/mol. The standard InChI is InChI=1S/C17H12O2/c18-15-9-3-1-2-4-10(9)16(19)14-12-6-5-11(13(14)15)17(12)7-8-17/h1-6,11-12H,7-8H2. The number of benzene rings is 1. The van der Waals surface area contributed by atoms with Crippen LogP contribution in [0.4, 0.5) is 0 Å². The van der Waals surface area contributed by atoms with E-state index >= 15 is 0 Å². The lowest BCUT2D eigenvalue weighted by Crippen LogP contribution is -2.24. The molecule has 1 saturated carbocycles. The Hall–Kier alpha value is -1.96. The van der Waals surface area contributed by atoms with Gasteiger partial charge in [-0.25, -0.2) is 0 Å². The summed E-state index contributed by atoms with van der Waals surface area (Å²) in [5.74, 6) is 0.594. The lowest BCUT2D eigenvalue weighted by Gasteiger charge is -2.21. The summed E-state index contributed by atoms with van der Waals surface area (Å²) in [6.45, 7) is 0. The molecule has 1 aromatic carbocycles. The molecule has 0 saturated heterocycles. The first-order chi connectivity index (χ1) is 9.24. The number of rotatable bonds is 0. The Kier molecular flexibility index (Phi) is 1.46. The number of Topliss-reactive ketones (excluding diaryl/α,β-unsaturated/α-hetero) is 2. The molecule has 2 bridgehead atoms. The van der Waals surface area contributed by atoms with Crippen LogP contribution >= 0.6 is 0 Å². The molecule has 0 heterocycles. The molecular formula is C17H12O2. The Morgan fingerprint density at radius 1 is 0.842 bits per heavy atom. The van der Waals surface area contributed by atoms with E-state index in [0.717, 1.165) is 24.0 Å². The van der Waals surface area contributed by atoms with Crippen LogP contribution in [0.2, 0.25) is 0 Å². The van der Waals surface area contributed by atoms with Crippen molar-refractivity contribution in [2.24, 2.45) is 17.3 Å². The number of allylic oxidation sites excluding steroid dienone is 4. The first kappa shape index (κ1) is 9.90. The van der Waals surface area contributed by atoms with Crippen LogP contribution in [0.3, 0.4) is 0 Å². The van der Waals surface area contributed by atoms with Crippen LogP contribution in [0.25, 0.3) is 0 Å². The van der Waals surface area contributed by atoms with Crippen LogP contribution in [0.1, 0.15) is 33.6 Å². The molecule has 4 aliphatic rings. The number of fused-ring (bicyclic) bond motifs is 3. The quantitative estimate of drug-likeness (QED) is 0.661. The van der Waals surface area contributed by atoms with Crippen molar-refractivity contribution < 1.29 is 9.59 Å². The molecule has 0 radical (unpaired) electrons. The van der Waals surface area contributed by atoms with Gasteiger partial charge in [-0.3, -0.25) is 9.59 Å². The summed E-state index contributed by atoms with van der Waals surface area (Å²) in [5, 5.41) is 0. The summed E-state index contributed by atoms with van der Waals surface area (Å²) in [7, 11) is 0. The van der Waals surface area contributed by atoms with Gasteiger partial charge in [0.05, 0.1) is 0 Å². The van der Waals surface area contributed by atoms with Gasteiger partial charge >= 0.3 is 0 Å². The maximum Gasteiger partial charge on any atom is 0.190 e. The third-order valence-corrected chi connectivity index (χ3v) is 5.38. The second-order valence-electron chi connectivity index (χ2n) is 6.10. The molecule has 19 heavy (non-hydrogen) atoms. The molecule has 2 nitrogen and oxygen atoms in total. The van der Waals surface area contributed by atoms with E-state index in [1.54, 1.807) is 12.1 Å². The summed E-state index contributed by atoms with van der Waals surface area (Å²) in [5.41, 5.74) is 3.03. The largest absolute Gasteiger partial charge is 0.289 e. The van der Waals surface area contributed by atoms with Gasteiger partial charge in [-0.15, -0.1) is 0 Å². The monoisotopic (exact) mass is 248 g/mol. The Labute approximate surface area is 110 Å². The van der Waals surface area contributed by atoms with Gasteiger partial charge in [0, 0.05) is 34.1 Å². The first-order valence-corrected chi connectivity index (χ1v) is 6.85. The summed E-state index contributed by atoms with van der Waals surface area (Å²) in [6, 6.07) is 7.25. The molecule has 92 valence electrons. The lowest BCUT2D eigenvalue weighted by molar-refractivity contribution is 0.0969. The highest BCUT2D eigenvalue weighted by Crippen LogP contribution is 2.71. The number of carbonyl (C=O) groups is 2. The average Bonchev–Trinajstić information content (AvgIpc) is 3.10. The molecule has 5 rings (SSSR count). The van der Waals surface area contributed by atoms with Gasteiger partial charge in [0.25, 0.3) is 0 Å². The Balaban J connectivity index is 1.79. The van der Waals surface area contributed by atoms with Crippen molar-refractivity contribution >= 4 is 11.6 Å².